The first-order chi connectivity index (χ1) is 8.77. The fourth-order valence-electron chi connectivity index (χ4n) is 2.64. The average Bonchev–Trinajstić information content (AvgIpc) is 2.33. The summed E-state index contributed by atoms with van der Waals surface area (Å²) in [6.07, 6.45) is 1.71. The molecule has 2 N–H and O–H groups in total. The van der Waals surface area contributed by atoms with Crippen LogP contribution >= 0.6 is 23.2 Å². The van der Waals surface area contributed by atoms with Gasteiger partial charge in [0.15, 0.2) is 0 Å². The maximum Gasteiger partial charge on any atom is 0.314 e. The summed E-state index contributed by atoms with van der Waals surface area (Å²) in [4.78, 5) is 11.7. The van der Waals surface area contributed by atoms with Crippen LogP contribution < -0.4 is 0 Å². The molecule has 1 aromatic carbocycles. The number of carboxylic acid groups (broad SMARTS) is 1. The summed E-state index contributed by atoms with van der Waals surface area (Å²) >= 11 is 11.9. The molecule has 0 heterocycles. The first-order valence-corrected chi connectivity index (χ1v) is 6.94. The molecule has 0 aliphatic heterocycles. The smallest absolute Gasteiger partial charge is 0.314 e. The minimum atomic E-state index is -0.976. The molecule has 1 aliphatic rings. The normalized spacial score (nSPS) is 31.2. The lowest BCUT2D eigenvalue weighted by Gasteiger charge is -2.40. The van der Waals surface area contributed by atoms with Gasteiger partial charge in [-0.15, -0.1) is 0 Å². The van der Waals surface area contributed by atoms with Crippen molar-refractivity contribution in [2.24, 2.45) is 0 Å². The van der Waals surface area contributed by atoms with Crippen molar-refractivity contribution in [3.63, 3.8) is 0 Å². The van der Waals surface area contributed by atoms with Gasteiger partial charge in [0.1, 0.15) is 0 Å². The van der Waals surface area contributed by atoms with Gasteiger partial charge >= 0.3 is 5.97 Å². The van der Waals surface area contributed by atoms with Crippen LogP contribution in [-0.2, 0) is 10.2 Å². The van der Waals surface area contributed by atoms with Crippen LogP contribution in [-0.4, -0.2) is 21.8 Å². The Balaban J connectivity index is 2.41. The van der Waals surface area contributed by atoms with E-state index in [1.54, 1.807) is 25.1 Å². The number of hydrogen-bond acceptors (Lipinski definition) is 2. The van der Waals surface area contributed by atoms with Gasteiger partial charge in [0, 0.05) is 0 Å². The van der Waals surface area contributed by atoms with E-state index in [-0.39, 0.29) is 0 Å². The Bertz CT molecular complexity index is 501. The molecule has 0 radical (unpaired) electrons. The third-order valence-corrected chi connectivity index (χ3v) is 4.80. The number of aliphatic carboxylic acids is 1. The minimum Gasteiger partial charge on any atom is -0.481 e. The molecule has 104 valence electrons. The molecular weight excluding hydrogens is 287 g/mol. The van der Waals surface area contributed by atoms with Crippen LogP contribution in [0.15, 0.2) is 18.2 Å². The molecule has 1 saturated carbocycles. The van der Waals surface area contributed by atoms with Gasteiger partial charge in [0.05, 0.1) is 21.1 Å². The van der Waals surface area contributed by atoms with Gasteiger partial charge in [0.25, 0.3) is 0 Å². The van der Waals surface area contributed by atoms with Crippen molar-refractivity contribution in [1.82, 2.24) is 0 Å². The van der Waals surface area contributed by atoms with Gasteiger partial charge in [-0.25, -0.2) is 0 Å². The minimum absolute atomic E-state index is 0.358. The number of halogens is 2. The van der Waals surface area contributed by atoms with E-state index < -0.39 is 17.0 Å². The summed E-state index contributed by atoms with van der Waals surface area (Å²) in [5, 5.41) is 20.4. The van der Waals surface area contributed by atoms with Crippen molar-refractivity contribution in [1.29, 1.82) is 0 Å². The largest absolute Gasteiger partial charge is 0.481 e. The molecule has 2 rings (SSSR count). The van der Waals surface area contributed by atoms with Crippen LogP contribution in [0.4, 0.5) is 0 Å². The van der Waals surface area contributed by atoms with E-state index in [9.17, 15) is 15.0 Å². The molecule has 5 heteroatoms. The predicted molar refractivity (Wildman–Crippen MR) is 74.9 cm³/mol. The Morgan fingerprint density at radius 1 is 1.16 bits per heavy atom. The molecular formula is C14H16Cl2O3. The average molecular weight is 303 g/mol. The summed E-state index contributed by atoms with van der Waals surface area (Å²) in [6.45, 7) is 1.74. The monoisotopic (exact) mass is 302 g/mol. The second-order valence-electron chi connectivity index (χ2n) is 5.51. The zero-order chi connectivity index (χ0) is 14.3. The molecule has 0 bridgehead atoms. The van der Waals surface area contributed by atoms with Gasteiger partial charge in [-0.05, 0) is 50.3 Å². The van der Waals surface area contributed by atoms with E-state index in [2.05, 4.69) is 0 Å². The number of benzene rings is 1. The molecule has 0 aromatic heterocycles. The maximum atomic E-state index is 11.7. The van der Waals surface area contributed by atoms with Crippen molar-refractivity contribution in [2.75, 3.05) is 0 Å². The van der Waals surface area contributed by atoms with E-state index in [1.807, 2.05) is 0 Å². The van der Waals surface area contributed by atoms with Crippen molar-refractivity contribution < 1.29 is 15.0 Å². The highest BCUT2D eigenvalue weighted by Gasteiger charge is 2.46. The van der Waals surface area contributed by atoms with Gasteiger partial charge in [-0.3, -0.25) is 4.79 Å². The fourth-order valence-corrected chi connectivity index (χ4v) is 2.93. The zero-order valence-electron chi connectivity index (χ0n) is 10.6. The molecule has 0 atom stereocenters. The highest BCUT2D eigenvalue weighted by atomic mass is 35.5. The topological polar surface area (TPSA) is 57.5 Å². The Hall–Kier alpha value is -0.770. The van der Waals surface area contributed by atoms with Crippen LogP contribution in [0.3, 0.4) is 0 Å². The first-order valence-electron chi connectivity index (χ1n) is 6.18. The van der Waals surface area contributed by atoms with E-state index in [1.165, 1.54) is 0 Å². The molecule has 0 spiro atoms. The summed E-state index contributed by atoms with van der Waals surface area (Å²) in [5.41, 5.74) is -1.10. The summed E-state index contributed by atoms with van der Waals surface area (Å²) < 4.78 is 0. The van der Waals surface area contributed by atoms with Gasteiger partial charge in [-0.1, -0.05) is 29.3 Å². The Morgan fingerprint density at radius 3 is 2.21 bits per heavy atom. The molecule has 19 heavy (non-hydrogen) atoms. The summed E-state index contributed by atoms with van der Waals surface area (Å²) in [6, 6.07) is 4.96. The number of carboxylic acids is 1. The number of hydrogen-bond donors (Lipinski definition) is 2. The lowest BCUT2D eigenvalue weighted by molar-refractivity contribution is -0.147. The molecule has 3 nitrogen and oxygen atoms in total. The lowest BCUT2D eigenvalue weighted by atomic mass is 9.65. The maximum absolute atomic E-state index is 11.7. The third-order valence-electron chi connectivity index (χ3n) is 4.06. The quantitative estimate of drug-likeness (QED) is 0.877. The molecule has 0 saturated heterocycles. The van der Waals surface area contributed by atoms with Crippen LogP contribution in [0.1, 0.15) is 38.2 Å². The van der Waals surface area contributed by atoms with Crippen molar-refractivity contribution >= 4 is 29.2 Å². The first kappa shape index (κ1) is 14.6. The number of aliphatic hydroxyl groups is 1. The van der Waals surface area contributed by atoms with Gasteiger partial charge in [0.2, 0.25) is 0 Å². The van der Waals surface area contributed by atoms with Crippen molar-refractivity contribution in [3.05, 3.63) is 33.8 Å². The highest BCUT2D eigenvalue weighted by molar-refractivity contribution is 6.42. The molecule has 1 aromatic rings. The molecule has 0 amide bonds. The van der Waals surface area contributed by atoms with E-state index in [0.29, 0.717) is 41.3 Å². The third kappa shape index (κ3) is 2.73. The van der Waals surface area contributed by atoms with Gasteiger partial charge in [-0.2, -0.15) is 0 Å². The SMILES string of the molecule is CC1(O)CCC(C(=O)O)(c2ccc(Cl)c(Cl)c2)CC1. The molecule has 0 unspecified atom stereocenters. The van der Waals surface area contributed by atoms with E-state index in [0.717, 1.165) is 0 Å². The second-order valence-corrected chi connectivity index (χ2v) is 6.33. The van der Waals surface area contributed by atoms with Crippen molar-refractivity contribution in [2.45, 2.75) is 43.6 Å². The summed E-state index contributed by atoms with van der Waals surface area (Å²) in [5.74, 6) is -0.874. The second kappa shape index (κ2) is 4.97. The Morgan fingerprint density at radius 2 is 1.74 bits per heavy atom. The molecule has 1 fully saturated rings. The van der Waals surface area contributed by atoms with Crippen LogP contribution in [0.2, 0.25) is 10.0 Å². The predicted octanol–water partition coefficient (Wildman–Crippen LogP) is 3.64. The number of carbonyl (C=O) groups is 1. The van der Waals surface area contributed by atoms with Crippen LogP contribution in [0, 0.1) is 0 Å². The number of rotatable bonds is 2. The highest BCUT2D eigenvalue weighted by Crippen LogP contribution is 2.44. The van der Waals surface area contributed by atoms with Gasteiger partial charge < -0.3 is 10.2 Å². The standard InChI is InChI=1S/C14H16Cl2O3/c1-13(19)4-6-14(7-5-13,12(17)18)9-2-3-10(15)11(16)8-9/h2-3,8,19H,4-7H2,1H3,(H,17,18). The van der Waals surface area contributed by atoms with Crippen LogP contribution in [0.25, 0.3) is 0 Å². The lowest BCUT2D eigenvalue weighted by Crippen LogP contribution is -2.44. The van der Waals surface area contributed by atoms with Crippen LogP contribution in [0.5, 0.6) is 0 Å². The van der Waals surface area contributed by atoms with E-state index in [4.69, 9.17) is 23.2 Å². The zero-order valence-corrected chi connectivity index (χ0v) is 12.1. The Kier molecular flexibility index (Phi) is 3.83. The fraction of sp³-hybridized carbons (Fsp3) is 0.500. The van der Waals surface area contributed by atoms with E-state index >= 15 is 0 Å². The molecule has 1 aliphatic carbocycles. The van der Waals surface area contributed by atoms with Crippen molar-refractivity contribution in [3.8, 4) is 0 Å². The summed E-state index contributed by atoms with van der Waals surface area (Å²) in [7, 11) is 0. The Labute approximate surface area is 122 Å².